The Hall–Kier alpha value is -2.35. The molecule has 2 nitrogen and oxygen atoms in total. The third-order valence-corrected chi connectivity index (χ3v) is 8.56. The molecule has 2 fully saturated rings. The van der Waals surface area contributed by atoms with E-state index < -0.39 is 0 Å². The highest BCUT2D eigenvalue weighted by Gasteiger charge is 2.26. The van der Waals surface area contributed by atoms with Gasteiger partial charge in [0.15, 0.2) is 0 Å². The fraction of sp³-hybridized carbons (Fsp3) is 0.545. The first-order chi connectivity index (χ1) is 17.1. The molecule has 2 aliphatic rings. The number of rotatable bonds is 9. The number of hydrogen-bond donors (Lipinski definition) is 0. The predicted molar refractivity (Wildman–Crippen MR) is 146 cm³/mol. The Bertz CT molecular complexity index is 913. The summed E-state index contributed by atoms with van der Waals surface area (Å²) in [4.78, 5) is 12.7. The Labute approximate surface area is 213 Å². The average Bonchev–Trinajstić information content (AvgIpc) is 2.91. The van der Waals surface area contributed by atoms with Crippen molar-refractivity contribution in [3.8, 4) is 0 Å². The van der Waals surface area contributed by atoms with E-state index in [1.165, 1.54) is 68.9 Å². The van der Waals surface area contributed by atoms with E-state index in [0.29, 0.717) is 17.4 Å². The zero-order valence-electron chi connectivity index (χ0n) is 21.8. The number of carbonyl (C=O) groups excluding carboxylic acids is 1. The largest absolute Gasteiger partial charge is 0.459 e. The van der Waals surface area contributed by atoms with Crippen LogP contribution in [0.5, 0.6) is 0 Å². The Morgan fingerprint density at radius 2 is 1.54 bits per heavy atom. The van der Waals surface area contributed by atoms with E-state index in [-0.39, 0.29) is 12.1 Å². The van der Waals surface area contributed by atoms with E-state index >= 15 is 0 Å². The van der Waals surface area contributed by atoms with Crippen molar-refractivity contribution in [1.29, 1.82) is 0 Å². The molecule has 188 valence electrons. The van der Waals surface area contributed by atoms with Gasteiger partial charge >= 0.3 is 5.97 Å². The summed E-state index contributed by atoms with van der Waals surface area (Å²) in [6.07, 6.45) is 17.7. The summed E-state index contributed by atoms with van der Waals surface area (Å²) in [5.74, 6) is 2.73. The van der Waals surface area contributed by atoms with Gasteiger partial charge in [-0.15, -0.1) is 0 Å². The minimum absolute atomic E-state index is 0.0914. The van der Waals surface area contributed by atoms with Crippen molar-refractivity contribution in [1.82, 2.24) is 0 Å². The van der Waals surface area contributed by atoms with Crippen LogP contribution in [0.4, 0.5) is 0 Å². The van der Waals surface area contributed by atoms with Crippen LogP contribution in [0.15, 0.2) is 66.7 Å². The third-order valence-electron chi connectivity index (χ3n) is 8.56. The van der Waals surface area contributed by atoms with E-state index in [9.17, 15) is 4.79 Å². The van der Waals surface area contributed by atoms with Gasteiger partial charge in [0.25, 0.3) is 0 Å². The van der Waals surface area contributed by atoms with Crippen LogP contribution in [0.3, 0.4) is 0 Å². The molecule has 2 aromatic carbocycles. The van der Waals surface area contributed by atoms with Gasteiger partial charge in [-0.05, 0) is 124 Å². The summed E-state index contributed by atoms with van der Waals surface area (Å²) in [5, 5.41) is 0. The normalized spacial score (nSPS) is 25.9. The van der Waals surface area contributed by atoms with Gasteiger partial charge in [0, 0.05) is 0 Å². The zero-order valence-corrected chi connectivity index (χ0v) is 21.8. The van der Waals surface area contributed by atoms with Gasteiger partial charge in [-0.3, -0.25) is 0 Å². The van der Waals surface area contributed by atoms with E-state index in [0.717, 1.165) is 24.7 Å². The zero-order chi connectivity index (χ0) is 24.5. The van der Waals surface area contributed by atoms with Crippen LogP contribution >= 0.6 is 0 Å². The predicted octanol–water partition coefficient (Wildman–Crippen LogP) is 9.23. The standard InChI is InChI=1S/C33H44O2/c1-3-4-6-9-26-14-22-32(23-15-26)35-33(34)31-20-18-30(19-21-31)29-16-12-27(13-17-29)24-25(2)28-10-7-5-8-11-28/h3-5,7-8,10-11,18-21,25-27,29,32H,6,9,12-17,22-24H2,1-2H3/b4-3+/t25-,26?,27?,29?,32?/m1/s1. The SMILES string of the molecule is C/C=C/CCC1CCC(OC(=O)c2ccc(C3CCC(C[C@@H](C)c4ccccc4)CC3)cc2)CC1. The lowest BCUT2D eigenvalue weighted by Crippen LogP contribution is -2.24. The van der Waals surface area contributed by atoms with Crippen molar-refractivity contribution in [2.45, 2.75) is 102 Å². The maximum absolute atomic E-state index is 12.7. The number of hydrogen-bond acceptors (Lipinski definition) is 2. The van der Waals surface area contributed by atoms with Crippen molar-refractivity contribution in [2.75, 3.05) is 0 Å². The van der Waals surface area contributed by atoms with Crippen molar-refractivity contribution in [3.05, 3.63) is 83.4 Å². The molecule has 0 spiro atoms. The van der Waals surface area contributed by atoms with Crippen LogP contribution < -0.4 is 0 Å². The summed E-state index contributed by atoms with van der Waals surface area (Å²) in [6.45, 7) is 4.46. The topological polar surface area (TPSA) is 26.3 Å². The molecule has 2 heteroatoms. The number of benzene rings is 2. The van der Waals surface area contributed by atoms with Crippen LogP contribution in [0, 0.1) is 11.8 Å². The Morgan fingerprint density at radius 3 is 2.20 bits per heavy atom. The molecule has 4 rings (SSSR count). The second-order valence-corrected chi connectivity index (χ2v) is 11.1. The van der Waals surface area contributed by atoms with Crippen LogP contribution in [0.2, 0.25) is 0 Å². The molecule has 0 saturated heterocycles. The molecular formula is C33H44O2. The second-order valence-electron chi connectivity index (χ2n) is 11.1. The molecule has 0 bridgehead atoms. The van der Waals surface area contributed by atoms with Crippen LogP contribution in [-0.2, 0) is 4.74 Å². The summed E-state index contributed by atoms with van der Waals surface area (Å²) in [7, 11) is 0. The molecule has 2 aliphatic carbocycles. The van der Waals surface area contributed by atoms with Gasteiger partial charge in [-0.2, -0.15) is 0 Å². The number of allylic oxidation sites excluding steroid dienone is 2. The molecule has 35 heavy (non-hydrogen) atoms. The first-order valence-corrected chi connectivity index (χ1v) is 14.1. The molecule has 0 amide bonds. The van der Waals surface area contributed by atoms with Gasteiger partial charge in [0.05, 0.1) is 5.56 Å². The lowest BCUT2D eigenvalue weighted by atomic mass is 9.75. The number of esters is 1. The first kappa shape index (κ1) is 25.7. The lowest BCUT2D eigenvalue weighted by molar-refractivity contribution is 0.0162. The van der Waals surface area contributed by atoms with Crippen LogP contribution in [-0.4, -0.2) is 12.1 Å². The average molecular weight is 473 g/mol. The molecule has 0 radical (unpaired) electrons. The fourth-order valence-corrected chi connectivity index (χ4v) is 6.30. The quantitative estimate of drug-likeness (QED) is 0.268. The molecule has 0 heterocycles. The van der Waals surface area contributed by atoms with E-state index in [4.69, 9.17) is 4.74 Å². The molecule has 0 N–H and O–H groups in total. The maximum atomic E-state index is 12.7. The highest BCUT2D eigenvalue weighted by molar-refractivity contribution is 5.89. The van der Waals surface area contributed by atoms with E-state index in [1.807, 2.05) is 12.1 Å². The number of ether oxygens (including phenoxy) is 1. The molecular weight excluding hydrogens is 428 g/mol. The Balaban J connectivity index is 1.20. The van der Waals surface area contributed by atoms with E-state index in [2.05, 4.69) is 68.5 Å². The van der Waals surface area contributed by atoms with Gasteiger partial charge in [-0.25, -0.2) is 4.79 Å². The third kappa shape index (κ3) is 7.56. The van der Waals surface area contributed by atoms with Crippen molar-refractivity contribution in [2.24, 2.45) is 11.8 Å². The maximum Gasteiger partial charge on any atom is 0.338 e. The molecule has 2 saturated carbocycles. The first-order valence-electron chi connectivity index (χ1n) is 14.1. The molecule has 0 unspecified atom stereocenters. The summed E-state index contributed by atoms with van der Waals surface area (Å²) >= 11 is 0. The Kier molecular flexibility index (Phi) is 9.63. The molecule has 1 atom stereocenters. The Morgan fingerprint density at radius 1 is 0.886 bits per heavy atom. The summed E-state index contributed by atoms with van der Waals surface area (Å²) in [6, 6.07) is 19.3. The van der Waals surface area contributed by atoms with E-state index in [1.54, 1.807) is 0 Å². The highest BCUT2D eigenvalue weighted by Crippen LogP contribution is 2.39. The van der Waals surface area contributed by atoms with Gasteiger partial charge < -0.3 is 4.74 Å². The molecule has 2 aromatic rings. The van der Waals surface area contributed by atoms with Crippen LogP contribution in [0.25, 0.3) is 0 Å². The lowest BCUT2D eigenvalue weighted by Gasteiger charge is -2.30. The smallest absolute Gasteiger partial charge is 0.338 e. The van der Waals surface area contributed by atoms with Gasteiger partial charge in [-0.1, -0.05) is 61.5 Å². The minimum atomic E-state index is -0.146. The molecule has 0 aromatic heterocycles. The minimum Gasteiger partial charge on any atom is -0.459 e. The van der Waals surface area contributed by atoms with Crippen molar-refractivity contribution in [3.63, 3.8) is 0 Å². The summed E-state index contributed by atoms with van der Waals surface area (Å²) < 4.78 is 5.87. The van der Waals surface area contributed by atoms with Crippen molar-refractivity contribution < 1.29 is 9.53 Å². The van der Waals surface area contributed by atoms with Crippen molar-refractivity contribution >= 4 is 5.97 Å². The highest BCUT2D eigenvalue weighted by atomic mass is 16.5. The van der Waals surface area contributed by atoms with Gasteiger partial charge in [0.2, 0.25) is 0 Å². The van der Waals surface area contributed by atoms with Gasteiger partial charge in [0.1, 0.15) is 6.10 Å². The fourth-order valence-electron chi connectivity index (χ4n) is 6.30. The van der Waals surface area contributed by atoms with Crippen LogP contribution in [0.1, 0.15) is 118 Å². The monoisotopic (exact) mass is 472 g/mol. The molecule has 0 aliphatic heterocycles. The second kappa shape index (κ2) is 13.1. The number of carbonyl (C=O) groups is 1. The summed E-state index contributed by atoms with van der Waals surface area (Å²) in [5.41, 5.74) is 3.56.